The zero-order valence-electron chi connectivity index (χ0n) is 8.24. The van der Waals surface area contributed by atoms with Crippen LogP contribution in [0.4, 0.5) is 0 Å². The van der Waals surface area contributed by atoms with Gasteiger partial charge in [0.05, 0.1) is 6.61 Å². The van der Waals surface area contributed by atoms with E-state index in [2.05, 4.69) is 21.1 Å². The second-order valence-electron chi connectivity index (χ2n) is 2.95. The monoisotopic (exact) mass is 267 g/mol. The first kappa shape index (κ1) is 10.2. The van der Waals surface area contributed by atoms with E-state index in [1.54, 1.807) is 0 Å². The first-order valence-electron chi connectivity index (χ1n) is 4.65. The van der Waals surface area contributed by atoms with Gasteiger partial charge in [0.25, 0.3) is 0 Å². The Morgan fingerprint density at radius 1 is 1.40 bits per heavy atom. The van der Waals surface area contributed by atoms with Crippen LogP contribution in [-0.4, -0.2) is 11.8 Å². The molecule has 0 radical (unpaired) electrons. The summed E-state index contributed by atoms with van der Waals surface area (Å²) < 4.78 is 11.1. The van der Waals surface area contributed by atoms with Gasteiger partial charge in [-0.25, -0.2) is 0 Å². The molecule has 3 nitrogen and oxygen atoms in total. The van der Waals surface area contributed by atoms with Gasteiger partial charge in [0.15, 0.2) is 0 Å². The largest absolute Gasteiger partial charge is 0.493 e. The van der Waals surface area contributed by atoms with Crippen molar-refractivity contribution in [2.24, 2.45) is 0 Å². The van der Waals surface area contributed by atoms with Crippen molar-refractivity contribution in [1.82, 2.24) is 5.16 Å². The summed E-state index contributed by atoms with van der Waals surface area (Å²) in [6.45, 7) is 2.59. The number of rotatable bonds is 3. The van der Waals surface area contributed by atoms with E-state index in [1.165, 1.54) is 0 Å². The van der Waals surface area contributed by atoms with Crippen molar-refractivity contribution in [3.05, 3.63) is 35.0 Å². The molecule has 0 atom stereocenters. The molecule has 0 fully saturated rings. The van der Waals surface area contributed by atoms with Gasteiger partial charge < -0.3 is 9.26 Å². The lowest BCUT2D eigenvalue weighted by Gasteiger charge is -2.06. The van der Waals surface area contributed by atoms with Crippen molar-refractivity contribution in [2.75, 3.05) is 6.61 Å². The molecule has 1 aromatic carbocycles. The highest BCUT2D eigenvalue weighted by Crippen LogP contribution is 2.30. The zero-order valence-corrected chi connectivity index (χ0v) is 9.82. The summed E-state index contributed by atoms with van der Waals surface area (Å²) in [4.78, 5) is 0. The second-order valence-corrected chi connectivity index (χ2v) is 3.73. The minimum atomic E-state index is 0.615. The van der Waals surface area contributed by atoms with Gasteiger partial charge >= 0.3 is 0 Å². The van der Waals surface area contributed by atoms with Crippen LogP contribution < -0.4 is 4.74 Å². The lowest BCUT2D eigenvalue weighted by atomic mass is 10.1. The molecule has 0 aliphatic carbocycles. The highest BCUT2D eigenvalue weighted by atomic mass is 79.9. The summed E-state index contributed by atoms with van der Waals surface area (Å²) >= 11 is 3.22. The highest BCUT2D eigenvalue weighted by Gasteiger charge is 2.09. The first-order valence-corrected chi connectivity index (χ1v) is 5.45. The maximum Gasteiger partial charge on any atom is 0.202 e. The van der Waals surface area contributed by atoms with Gasteiger partial charge in [0.2, 0.25) is 4.67 Å². The number of ether oxygens (including phenoxy) is 1. The molecule has 0 unspecified atom stereocenters. The van der Waals surface area contributed by atoms with Crippen molar-refractivity contribution >= 4 is 15.9 Å². The van der Waals surface area contributed by atoms with E-state index in [4.69, 9.17) is 9.26 Å². The molecule has 0 saturated heterocycles. The molecule has 0 bridgehead atoms. The quantitative estimate of drug-likeness (QED) is 0.854. The summed E-state index contributed by atoms with van der Waals surface area (Å²) in [6, 6.07) is 9.57. The number of hydrogen-bond donors (Lipinski definition) is 0. The maximum absolute atomic E-state index is 5.50. The molecule has 0 amide bonds. The fourth-order valence-electron chi connectivity index (χ4n) is 1.34. The van der Waals surface area contributed by atoms with Crippen LogP contribution in [0.15, 0.2) is 39.5 Å². The van der Waals surface area contributed by atoms with E-state index in [-0.39, 0.29) is 0 Å². The Morgan fingerprint density at radius 2 is 2.20 bits per heavy atom. The van der Waals surface area contributed by atoms with Crippen LogP contribution in [0.5, 0.6) is 5.75 Å². The van der Waals surface area contributed by atoms with Crippen molar-refractivity contribution in [2.45, 2.75) is 6.92 Å². The molecular weight excluding hydrogens is 258 g/mol. The van der Waals surface area contributed by atoms with E-state index in [9.17, 15) is 0 Å². The zero-order chi connectivity index (χ0) is 10.7. The molecule has 2 rings (SSSR count). The van der Waals surface area contributed by atoms with Crippen molar-refractivity contribution in [1.29, 1.82) is 0 Å². The van der Waals surface area contributed by atoms with Crippen LogP contribution in [0.25, 0.3) is 11.3 Å². The van der Waals surface area contributed by atoms with Crippen molar-refractivity contribution in [3.63, 3.8) is 0 Å². The predicted molar refractivity (Wildman–Crippen MR) is 60.8 cm³/mol. The van der Waals surface area contributed by atoms with Gasteiger partial charge in [-0.15, -0.1) is 0 Å². The Bertz CT molecular complexity index is 453. The van der Waals surface area contributed by atoms with Crippen LogP contribution in [0.3, 0.4) is 0 Å². The van der Waals surface area contributed by atoms with Crippen molar-refractivity contribution in [3.8, 4) is 17.0 Å². The standard InChI is InChI=1S/C11H10BrNO2/c1-2-14-10-6-4-3-5-8(10)9-7-11(12)15-13-9/h3-7H,2H2,1H3. The second kappa shape index (κ2) is 4.49. The highest BCUT2D eigenvalue weighted by molar-refractivity contribution is 9.10. The summed E-state index contributed by atoms with van der Waals surface area (Å²) in [7, 11) is 0. The fraction of sp³-hybridized carbons (Fsp3) is 0.182. The average molecular weight is 268 g/mol. The number of para-hydroxylation sites is 1. The van der Waals surface area contributed by atoms with E-state index >= 15 is 0 Å². The van der Waals surface area contributed by atoms with Crippen molar-refractivity contribution < 1.29 is 9.26 Å². The number of benzene rings is 1. The normalized spacial score (nSPS) is 10.3. The lowest BCUT2D eigenvalue weighted by Crippen LogP contribution is -1.93. The van der Waals surface area contributed by atoms with E-state index in [0.29, 0.717) is 11.3 Å². The minimum Gasteiger partial charge on any atom is -0.493 e. The molecule has 2 aromatic rings. The number of hydrogen-bond acceptors (Lipinski definition) is 3. The number of aromatic nitrogens is 1. The van der Waals surface area contributed by atoms with Crippen LogP contribution in [-0.2, 0) is 0 Å². The lowest BCUT2D eigenvalue weighted by molar-refractivity contribution is 0.341. The third kappa shape index (κ3) is 2.21. The van der Waals surface area contributed by atoms with E-state index < -0.39 is 0 Å². The van der Waals surface area contributed by atoms with Gasteiger partial charge in [0.1, 0.15) is 11.4 Å². The number of halogens is 1. The summed E-state index contributed by atoms with van der Waals surface area (Å²) in [6.07, 6.45) is 0. The summed E-state index contributed by atoms with van der Waals surface area (Å²) in [5, 5.41) is 3.93. The minimum absolute atomic E-state index is 0.615. The molecule has 1 aromatic heterocycles. The predicted octanol–water partition coefficient (Wildman–Crippen LogP) is 3.50. The molecule has 0 aliphatic rings. The van der Waals surface area contributed by atoms with Gasteiger partial charge in [0, 0.05) is 11.6 Å². The summed E-state index contributed by atoms with van der Waals surface area (Å²) in [5.74, 6) is 0.820. The Kier molecular flexibility index (Phi) is 3.06. The summed E-state index contributed by atoms with van der Waals surface area (Å²) in [5.41, 5.74) is 1.71. The number of nitrogens with zero attached hydrogens (tertiary/aromatic N) is 1. The molecule has 1 heterocycles. The molecule has 78 valence electrons. The molecule has 0 saturated carbocycles. The molecule has 0 N–H and O–H groups in total. The first-order chi connectivity index (χ1) is 7.31. The Hall–Kier alpha value is -1.29. The molecule has 0 aliphatic heterocycles. The molecular formula is C11H10BrNO2. The topological polar surface area (TPSA) is 35.3 Å². The maximum atomic E-state index is 5.50. The SMILES string of the molecule is CCOc1ccccc1-c1cc(Br)on1. The van der Waals surface area contributed by atoms with Crippen LogP contribution in [0.2, 0.25) is 0 Å². The van der Waals surface area contributed by atoms with E-state index in [1.807, 2.05) is 37.3 Å². The average Bonchev–Trinajstić information content (AvgIpc) is 2.66. The molecule has 15 heavy (non-hydrogen) atoms. The van der Waals surface area contributed by atoms with Gasteiger partial charge in [-0.1, -0.05) is 17.3 Å². The molecule has 0 spiro atoms. The van der Waals surface area contributed by atoms with Crippen LogP contribution in [0.1, 0.15) is 6.92 Å². The van der Waals surface area contributed by atoms with Crippen LogP contribution in [0, 0.1) is 0 Å². The van der Waals surface area contributed by atoms with Gasteiger partial charge in [-0.3, -0.25) is 0 Å². The fourth-order valence-corrected chi connectivity index (χ4v) is 1.63. The Balaban J connectivity index is 2.42. The van der Waals surface area contributed by atoms with Crippen LogP contribution >= 0.6 is 15.9 Å². The third-order valence-electron chi connectivity index (χ3n) is 1.94. The Labute approximate surface area is 96.2 Å². The smallest absolute Gasteiger partial charge is 0.202 e. The third-order valence-corrected chi connectivity index (χ3v) is 2.32. The Morgan fingerprint density at radius 3 is 2.87 bits per heavy atom. The van der Waals surface area contributed by atoms with Gasteiger partial charge in [-0.05, 0) is 35.0 Å². The van der Waals surface area contributed by atoms with E-state index in [0.717, 1.165) is 17.0 Å². The molecule has 4 heteroatoms. The van der Waals surface area contributed by atoms with Gasteiger partial charge in [-0.2, -0.15) is 0 Å².